The van der Waals surface area contributed by atoms with Crippen molar-refractivity contribution in [1.29, 1.82) is 0 Å². The number of nitrogens with zero attached hydrogens (tertiary/aromatic N) is 1. The molecule has 2 bridgehead atoms. The van der Waals surface area contributed by atoms with E-state index in [-0.39, 0.29) is 42.5 Å². The molecule has 1 N–H and O–H groups in total. The minimum Gasteiger partial charge on any atom is -0.326 e. The Labute approximate surface area is 145 Å². The van der Waals surface area contributed by atoms with Crippen LogP contribution in [-0.2, 0) is 14.4 Å². The van der Waals surface area contributed by atoms with Crippen LogP contribution in [0.4, 0.5) is 5.69 Å². The van der Waals surface area contributed by atoms with Crippen molar-refractivity contribution in [3.8, 4) is 0 Å². The fourth-order valence-electron chi connectivity index (χ4n) is 4.69. The van der Waals surface area contributed by atoms with Crippen LogP contribution in [0.1, 0.15) is 25.7 Å². The maximum absolute atomic E-state index is 12.6. The molecule has 4 rings (SSSR count). The number of hydrogen-bond donors (Lipinski definition) is 1. The molecule has 6 heteroatoms. The Kier molecular flexibility index (Phi) is 3.83. The van der Waals surface area contributed by atoms with Crippen LogP contribution in [0, 0.1) is 23.7 Å². The molecule has 5 nitrogen and oxygen atoms in total. The molecular weight excluding hydrogens is 328 g/mol. The number of fused-ring (bicyclic) bond motifs is 5. The van der Waals surface area contributed by atoms with Gasteiger partial charge in [-0.3, -0.25) is 19.3 Å². The fraction of sp³-hybridized carbons (Fsp3) is 0.500. The maximum atomic E-state index is 12.6. The zero-order chi connectivity index (χ0) is 16.8. The topological polar surface area (TPSA) is 66.5 Å². The standard InChI is InChI=1S/C18H19ClN2O3/c19-12-2-1-3-13(9-12)20-14(22)6-7-21-17(23)15-10-4-5-11(8-10)16(15)18(21)24/h1-3,9-11,15-16H,4-8H2,(H,20,22)/t10-,11+,15-,16+. The average Bonchev–Trinajstić information content (AvgIpc) is 3.20. The Balaban J connectivity index is 1.37. The molecule has 126 valence electrons. The number of benzene rings is 1. The first kappa shape index (κ1) is 15.6. The van der Waals surface area contributed by atoms with Gasteiger partial charge < -0.3 is 5.32 Å². The van der Waals surface area contributed by atoms with Crippen LogP contribution in [0.5, 0.6) is 0 Å². The van der Waals surface area contributed by atoms with E-state index in [1.54, 1.807) is 24.3 Å². The van der Waals surface area contributed by atoms with Crippen LogP contribution < -0.4 is 5.32 Å². The number of carbonyl (C=O) groups excluding carboxylic acids is 3. The van der Waals surface area contributed by atoms with Crippen molar-refractivity contribution in [2.45, 2.75) is 25.7 Å². The van der Waals surface area contributed by atoms with Gasteiger partial charge in [0.15, 0.2) is 0 Å². The molecule has 1 aromatic carbocycles. The molecular formula is C18H19ClN2O3. The summed E-state index contributed by atoms with van der Waals surface area (Å²) < 4.78 is 0. The van der Waals surface area contributed by atoms with Crippen molar-refractivity contribution in [3.63, 3.8) is 0 Å². The third kappa shape index (κ3) is 2.51. The Morgan fingerprint density at radius 3 is 2.46 bits per heavy atom. The second-order valence-electron chi connectivity index (χ2n) is 7.02. The van der Waals surface area contributed by atoms with E-state index in [9.17, 15) is 14.4 Å². The molecule has 0 aromatic heterocycles. The molecule has 0 radical (unpaired) electrons. The molecule has 4 atom stereocenters. The largest absolute Gasteiger partial charge is 0.326 e. The van der Waals surface area contributed by atoms with Gasteiger partial charge in [-0.25, -0.2) is 0 Å². The minimum absolute atomic E-state index is 0.0623. The van der Waals surface area contributed by atoms with Crippen LogP contribution in [0.3, 0.4) is 0 Å². The second kappa shape index (κ2) is 5.88. The number of halogens is 1. The van der Waals surface area contributed by atoms with Gasteiger partial charge in [-0.2, -0.15) is 0 Å². The molecule has 3 fully saturated rings. The van der Waals surface area contributed by atoms with Crippen molar-refractivity contribution in [1.82, 2.24) is 4.90 Å². The Hall–Kier alpha value is -1.88. The number of amides is 3. The van der Waals surface area contributed by atoms with E-state index in [2.05, 4.69) is 5.32 Å². The zero-order valence-corrected chi connectivity index (χ0v) is 14.0. The number of nitrogens with one attached hydrogen (secondary N) is 1. The monoisotopic (exact) mass is 346 g/mol. The van der Waals surface area contributed by atoms with Gasteiger partial charge in [-0.15, -0.1) is 0 Å². The van der Waals surface area contributed by atoms with Crippen LogP contribution in [-0.4, -0.2) is 29.2 Å². The molecule has 2 saturated carbocycles. The van der Waals surface area contributed by atoms with Gasteiger partial charge in [0.25, 0.3) is 0 Å². The second-order valence-corrected chi connectivity index (χ2v) is 7.46. The summed E-state index contributed by atoms with van der Waals surface area (Å²) >= 11 is 5.89. The highest BCUT2D eigenvalue weighted by atomic mass is 35.5. The first-order chi connectivity index (χ1) is 11.5. The zero-order valence-electron chi connectivity index (χ0n) is 13.2. The van der Waals surface area contributed by atoms with Gasteiger partial charge in [0.05, 0.1) is 11.8 Å². The van der Waals surface area contributed by atoms with Gasteiger partial charge in [0.2, 0.25) is 17.7 Å². The smallest absolute Gasteiger partial charge is 0.233 e. The van der Waals surface area contributed by atoms with Crippen molar-refractivity contribution in [2.75, 3.05) is 11.9 Å². The van der Waals surface area contributed by atoms with Crippen LogP contribution in [0.2, 0.25) is 5.02 Å². The number of imide groups is 1. The summed E-state index contributed by atoms with van der Waals surface area (Å²) in [5.41, 5.74) is 0.612. The lowest BCUT2D eigenvalue weighted by Gasteiger charge is -2.19. The van der Waals surface area contributed by atoms with E-state index in [1.165, 1.54) is 4.90 Å². The molecule has 1 aliphatic heterocycles. The van der Waals surface area contributed by atoms with Gasteiger partial charge >= 0.3 is 0 Å². The van der Waals surface area contributed by atoms with E-state index in [4.69, 9.17) is 11.6 Å². The average molecular weight is 347 g/mol. The SMILES string of the molecule is O=C(CCN1C(=O)[C@@H]2[C@@H]3CC[C@@H](C3)[C@@H]2C1=O)Nc1cccc(Cl)c1. The number of likely N-dealkylation sites (tertiary alicyclic amines) is 1. The van der Waals surface area contributed by atoms with Crippen molar-refractivity contribution >= 4 is 35.0 Å². The number of hydrogen-bond acceptors (Lipinski definition) is 3. The quantitative estimate of drug-likeness (QED) is 0.852. The summed E-state index contributed by atoms with van der Waals surface area (Å²) in [6.07, 6.45) is 3.26. The summed E-state index contributed by atoms with van der Waals surface area (Å²) in [5, 5.41) is 3.29. The molecule has 1 heterocycles. The molecule has 2 aliphatic carbocycles. The summed E-state index contributed by atoms with van der Waals surface area (Å²) in [7, 11) is 0. The van der Waals surface area contributed by atoms with Crippen LogP contribution in [0.25, 0.3) is 0 Å². The predicted octanol–water partition coefficient (Wildman–Crippen LogP) is 2.70. The lowest BCUT2D eigenvalue weighted by atomic mass is 9.81. The van der Waals surface area contributed by atoms with Gasteiger partial charge in [-0.05, 0) is 49.3 Å². The lowest BCUT2D eigenvalue weighted by molar-refractivity contribution is -0.140. The minimum atomic E-state index is -0.224. The van der Waals surface area contributed by atoms with Crippen molar-refractivity contribution < 1.29 is 14.4 Å². The van der Waals surface area contributed by atoms with E-state index in [0.717, 1.165) is 19.3 Å². The van der Waals surface area contributed by atoms with Gasteiger partial charge in [-0.1, -0.05) is 17.7 Å². The van der Waals surface area contributed by atoms with E-state index in [1.807, 2.05) is 0 Å². The lowest BCUT2D eigenvalue weighted by Crippen LogP contribution is -2.35. The van der Waals surface area contributed by atoms with Crippen molar-refractivity contribution in [2.24, 2.45) is 23.7 Å². The summed E-state index contributed by atoms with van der Waals surface area (Å²) in [6, 6.07) is 6.89. The maximum Gasteiger partial charge on any atom is 0.233 e. The molecule has 0 spiro atoms. The number of carbonyl (C=O) groups is 3. The third-order valence-corrected chi connectivity index (χ3v) is 5.92. The Morgan fingerprint density at radius 1 is 1.17 bits per heavy atom. The highest BCUT2D eigenvalue weighted by Gasteiger charge is 2.60. The Morgan fingerprint density at radius 2 is 1.83 bits per heavy atom. The summed E-state index contributed by atoms with van der Waals surface area (Å²) in [5.74, 6) is 0.168. The number of rotatable bonds is 4. The van der Waals surface area contributed by atoms with Crippen LogP contribution >= 0.6 is 11.6 Å². The van der Waals surface area contributed by atoms with Gasteiger partial charge in [0, 0.05) is 23.7 Å². The molecule has 3 amide bonds. The Bertz CT molecular complexity index is 692. The van der Waals surface area contributed by atoms with Crippen LogP contribution in [0.15, 0.2) is 24.3 Å². The first-order valence-electron chi connectivity index (χ1n) is 8.45. The molecule has 1 aromatic rings. The highest BCUT2D eigenvalue weighted by molar-refractivity contribution is 6.30. The molecule has 3 aliphatic rings. The number of anilines is 1. The van der Waals surface area contributed by atoms with E-state index < -0.39 is 0 Å². The van der Waals surface area contributed by atoms with Gasteiger partial charge in [0.1, 0.15) is 0 Å². The van der Waals surface area contributed by atoms with E-state index in [0.29, 0.717) is 22.5 Å². The third-order valence-electron chi connectivity index (χ3n) is 5.69. The predicted molar refractivity (Wildman–Crippen MR) is 89.2 cm³/mol. The fourth-order valence-corrected chi connectivity index (χ4v) is 4.88. The summed E-state index contributed by atoms with van der Waals surface area (Å²) in [6.45, 7) is 0.163. The molecule has 24 heavy (non-hydrogen) atoms. The molecule has 1 saturated heterocycles. The van der Waals surface area contributed by atoms with Crippen molar-refractivity contribution in [3.05, 3.63) is 29.3 Å². The first-order valence-corrected chi connectivity index (χ1v) is 8.83. The highest BCUT2D eigenvalue weighted by Crippen LogP contribution is 2.56. The normalized spacial score (nSPS) is 30.8. The summed E-state index contributed by atoms with van der Waals surface area (Å²) in [4.78, 5) is 38.5. The van der Waals surface area contributed by atoms with E-state index >= 15 is 0 Å². The molecule has 0 unspecified atom stereocenters.